The maximum atomic E-state index is 13.3. The molecule has 0 radical (unpaired) electrons. The normalized spacial score (nSPS) is 18.4. The summed E-state index contributed by atoms with van der Waals surface area (Å²) in [5.74, 6) is -0.145. The first kappa shape index (κ1) is 15.5. The number of benzene rings is 1. The van der Waals surface area contributed by atoms with Gasteiger partial charge in [0.1, 0.15) is 10.7 Å². The third-order valence-electron chi connectivity index (χ3n) is 3.82. The number of nitrogens with zero attached hydrogens (tertiary/aromatic N) is 1. The van der Waals surface area contributed by atoms with Crippen LogP contribution in [0.1, 0.15) is 26.2 Å². The van der Waals surface area contributed by atoms with Gasteiger partial charge in [-0.05, 0) is 30.9 Å². The molecule has 2 N–H and O–H groups in total. The molecule has 4 nitrogen and oxygen atoms in total. The summed E-state index contributed by atoms with van der Waals surface area (Å²) in [6.07, 6.45) is 2.73. The van der Waals surface area contributed by atoms with Crippen LogP contribution in [0.15, 0.2) is 17.0 Å². The Morgan fingerprint density at radius 2 is 2.00 bits per heavy atom. The fourth-order valence-electron chi connectivity index (χ4n) is 2.44. The molecule has 1 aliphatic heterocycles. The smallest absolute Gasteiger partial charge is 0.244 e. The summed E-state index contributed by atoms with van der Waals surface area (Å²) in [5.41, 5.74) is 5.23. The molecule has 0 aliphatic carbocycles. The van der Waals surface area contributed by atoms with Crippen molar-refractivity contribution in [1.82, 2.24) is 4.31 Å². The first-order chi connectivity index (χ1) is 9.36. The van der Waals surface area contributed by atoms with E-state index in [-0.39, 0.29) is 15.6 Å². The van der Waals surface area contributed by atoms with E-state index in [4.69, 9.17) is 17.3 Å². The second-order valence-corrected chi connectivity index (χ2v) is 7.37. The number of hydrogen-bond donors (Lipinski definition) is 1. The Kier molecular flexibility index (Phi) is 4.56. The molecule has 0 amide bonds. The maximum Gasteiger partial charge on any atom is 0.244 e. The van der Waals surface area contributed by atoms with Gasteiger partial charge in [0.15, 0.2) is 0 Å². The standard InChI is InChI=1S/C13H18ClFN2O2S/c1-2-9-3-5-17(6-4-9)20(18,19)13-8-12(16)11(15)7-10(13)14/h7-9H,2-6,16H2,1H3. The van der Waals surface area contributed by atoms with E-state index in [1.807, 2.05) is 0 Å². The molecule has 112 valence electrons. The van der Waals surface area contributed by atoms with Crippen molar-refractivity contribution in [3.63, 3.8) is 0 Å². The van der Waals surface area contributed by atoms with Gasteiger partial charge in [-0.25, -0.2) is 12.8 Å². The van der Waals surface area contributed by atoms with Crippen molar-refractivity contribution < 1.29 is 12.8 Å². The second kappa shape index (κ2) is 5.87. The largest absolute Gasteiger partial charge is 0.396 e. The van der Waals surface area contributed by atoms with Crippen LogP contribution in [0, 0.1) is 11.7 Å². The number of nitrogen functional groups attached to an aromatic ring is 1. The average Bonchev–Trinajstić information content (AvgIpc) is 2.42. The molecule has 0 bridgehead atoms. The zero-order valence-electron chi connectivity index (χ0n) is 11.3. The molecule has 1 aromatic rings. The van der Waals surface area contributed by atoms with Crippen molar-refractivity contribution in [3.8, 4) is 0 Å². The van der Waals surface area contributed by atoms with Gasteiger partial charge in [0, 0.05) is 13.1 Å². The van der Waals surface area contributed by atoms with Gasteiger partial charge in [-0.15, -0.1) is 0 Å². The summed E-state index contributed by atoms with van der Waals surface area (Å²) >= 11 is 5.86. The van der Waals surface area contributed by atoms with Crippen LogP contribution in [0.4, 0.5) is 10.1 Å². The molecule has 1 heterocycles. The molecule has 0 aromatic heterocycles. The van der Waals surface area contributed by atoms with E-state index in [2.05, 4.69) is 6.92 Å². The van der Waals surface area contributed by atoms with Crippen molar-refractivity contribution in [1.29, 1.82) is 0 Å². The highest BCUT2D eigenvalue weighted by Crippen LogP contribution is 2.31. The van der Waals surface area contributed by atoms with Crippen LogP contribution in [0.3, 0.4) is 0 Å². The Hall–Kier alpha value is -0.850. The molecule has 1 saturated heterocycles. The van der Waals surface area contributed by atoms with Crippen molar-refractivity contribution in [2.75, 3.05) is 18.8 Å². The van der Waals surface area contributed by atoms with Gasteiger partial charge < -0.3 is 5.73 Å². The second-order valence-electron chi connectivity index (χ2n) is 5.06. The molecule has 0 saturated carbocycles. The molecule has 0 spiro atoms. The van der Waals surface area contributed by atoms with Crippen molar-refractivity contribution in [2.45, 2.75) is 31.1 Å². The molecule has 1 aromatic carbocycles. The Balaban J connectivity index is 2.30. The fourth-order valence-corrected chi connectivity index (χ4v) is 4.43. The molecule has 1 fully saturated rings. The van der Waals surface area contributed by atoms with Gasteiger partial charge in [0.25, 0.3) is 0 Å². The highest BCUT2D eigenvalue weighted by atomic mass is 35.5. The van der Waals surface area contributed by atoms with Gasteiger partial charge in [0.05, 0.1) is 10.7 Å². The lowest BCUT2D eigenvalue weighted by Crippen LogP contribution is -2.38. The van der Waals surface area contributed by atoms with Crippen LogP contribution in [0.25, 0.3) is 0 Å². The monoisotopic (exact) mass is 320 g/mol. The lowest BCUT2D eigenvalue weighted by atomic mass is 9.96. The summed E-state index contributed by atoms with van der Waals surface area (Å²) in [5, 5.41) is -0.130. The van der Waals surface area contributed by atoms with E-state index >= 15 is 0 Å². The first-order valence-corrected chi connectivity index (χ1v) is 8.42. The minimum Gasteiger partial charge on any atom is -0.396 e. The SMILES string of the molecule is CCC1CCN(S(=O)(=O)c2cc(N)c(F)cc2Cl)CC1. The molecule has 0 atom stereocenters. The quantitative estimate of drug-likeness (QED) is 0.871. The lowest BCUT2D eigenvalue weighted by molar-refractivity contribution is 0.269. The summed E-state index contributed by atoms with van der Waals surface area (Å²) in [7, 11) is -3.71. The molecular weight excluding hydrogens is 303 g/mol. The number of rotatable bonds is 3. The predicted octanol–water partition coefficient (Wildman–Crippen LogP) is 2.87. The number of anilines is 1. The van der Waals surface area contributed by atoms with Gasteiger partial charge >= 0.3 is 0 Å². The van der Waals surface area contributed by atoms with Crippen LogP contribution in [-0.2, 0) is 10.0 Å². The van der Waals surface area contributed by atoms with Gasteiger partial charge in [-0.3, -0.25) is 0 Å². The average molecular weight is 321 g/mol. The van der Waals surface area contributed by atoms with Gasteiger partial charge in [0.2, 0.25) is 10.0 Å². The Bertz CT molecular complexity index is 599. The van der Waals surface area contributed by atoms with Crippen LogP contribution in [0.2, 0.25) is 5.02 Å². The van der Waals surface area contributed by atoms with E-state index in [0.29, 0.717) is 19.0 Å². The first-order valence-electron chi connectivity index (χ1n) is 6.61. The Labute approximate surface area is 123 Å². The maximum absolute atomic E-state index is 13.3. The van der Waals surface area contributed by atoms with Crippen LogP contribution in [-0.4, -0.2) is 25.8 Å². The molecular formula is C13H18ClFN2O2S. The van der Waals surface area contributed by atoms with E-state index in [1.54, 1.807) is 0 Å². The number of piperidine rings is 1. The zero-order chi connectivity index (χ0) is 14.9. The topological polar surface area (TPSA) is 63.4 Å². The van der Waals surface area contributed by atoms with E-state index in [9.17, 15) is 12.8 Å². The lowest BCUT2D eigenvalue weighted by Gasteiger charge is -2.30. The fraction of sp³-hybridized carbons (Fsp3) is 0.538. The van der Waals surface area contributed by atoms with Crippen LogP contribution >= 0.6 is 11.6 Å². The van der Waals surface area contributed by atoms with E-state index in [1.165, 1.54) is 4.31 Å². The minimum atomic E-state index is -3.71. The van der Waals surface area contributed by atoms with Crippen molar-refractivity contribution in [2.24, 2.45) is 5.92 Å². The Morgan fingerprint density at radius 1 is 1.40 bits per heavy atom. The van der Waals surface area contributed by atoms with Gasteiger partial charge in [-0.1, -0.05) is 24.9 Å². The number of hydrogen-bond acceptors (Lipinski definition) is 3. The Morgan fingerprint density at radius 3 is 2.55 bits per heavy atom. The summed E-state index contributed by atoms with van der Waals surface area (Å²) in [6.45, 7) is 3.04. The summed E-state index contributed by atoms with van der Waals surface area (Å²) in [6, 6.07) is 2.04. The highest BCUT2D eigenvalue weighted by molar-refractivity contribution is 7.89. The molecule has 0 unspecified atom stereocenters. The van der Waals surface area contributed by atoms with Crippen LogP contribution in [0.5, 0.6) is 0 Å². The summed E-state index contributed by atoms with van der Waals surface area (Å²) < 4.78 is 39.7. The third kappa shape index (κ3) is 2.92. The van der Waals surface area contributed by atoms with E-state index < -0.39 is 15.8 Å². The van der Waals surface area contributed by atoms with Crippen LogP contribution < -0.4 is 5.73 Å². The van der Waals surface area contributed by atoms with Gasteiger partial charge in [-0.2, -0.15) is 4.31 Å². The number of nitrogens with two attached hydrogens (primary N) is 1. The van der Waals surface area contributed by atoms with Crippen molar-refractivity contribution >= 4 is 27.3 Å². The number of sulfonamides is 1. The van der Waals surface area contributed by atoms with Crippen molar-refractivity contribution in [3.05, 3.63) is 23.0 Å². The van der Waals surface area contributed by atoms with E-state index in [0.717, 1.165) is 31.4 Å². The zero-order valence-corrected chi connectivity index (χ0v) is 12.8. The predicted molar refractivity (Wildman–Crippen MR) is 77.6 cm³/mol. The molecule has 2 rings (SSSR count). The number of halogens is 2. The molecule has 1 aliphatic rings. The molecule has 20 heavy (non-hydrogen) atoms. The molecule has 7 heteroatoms. The third-order valence-corrected chi connectivity index (χ3v) is 6.18. The summed E-state index contributed by atoms with van der Waals surface area (Å²) in [4.78, 5) is -0.118. The highest BCUT2D eigenvalue weighted by Gasteiger charge is 2.31. The minimum absolute atomic E-state index is 0.118.